The van der Waals surface area contributed by atoms with Crippen molar-refractivity contribution >= 4 is 5.96 Å². The molecule has 6 nitrogen and oxygen atoms in total. The average molecular weight is 298 g/mol. The molecule has 6 heteroatoms. The second kappa shape index (κ2) is 9.23. The minimum Gasteiger partial charge on any atom is -0.383 e. The molecule has 21 heavy (non-hydrogen) atoms. The van der Waals surface area contributed by atoms with Crippen LogP contribution < -0.4 is 10.6 Å². The van der Waals surface area contributed by atoms with Crippen molar-refractivity contribution < 1.29 is 9.47 Å². The van der Waals surface area contributed by atoms with Gasteiger partial charge in [0.2, 0.25) is 0 Å². The maximum atomic E-state index is 5.61. The van der Waals surface area contributed by atoms with Crippen LogP contribution in [0.1, 0.15) is 25.7 Å². The van der Waals surface area contributed by atoms with Crippen LogP contribution in [0.5, 0.6) is 0 Å². The highest BCUT2D eigenvalue weighted by Crippen LogP contribution is 2.25. The largest absolute Gasteiger partial charge is 0.383 e. The van der Waals surface area contributed by atoms with E-state index in [4.69, 9.17) is 9.47 Å². The number of nitrogens with zero attached hydrogens (tertiary/aromatic N) is 2. The monoisotopic (exact) mass is 298 g/mol. The zero-order valence-corrected chi connectivity index (χ0v) is 13.4. The van der Waals surface area contributed by atoms with Crippen LogP contribution in [0.3, 0.4) is 0 Å². The first-order chi connectivity index (χ1) is 10.3. The molecule has 2 fully saturated rings. The van der Waals surface area contributed by atoms with Crippen LogP contribution in [0.2, 0.25) is 0 Å². The van der Waals surface area contributed by atoms with Gasteiger partial charge in [-0.05, 0) is 25.7 Å². The standard InChI is InChI=1S/C15H30N4O2/c1-16-15(18-12-14-4-3-10-21-14)17-7-8-19(9-11-20-2)13-5-6-13/h13-14H,3-12H2,1-2H3,(H2,16,17,18). The predicted octanol–water partition coefficient (Wildman–Crippen LogP) is 0.441. The summed E-state index contributed by atoms with van der Waals surface area (Å²) in [4.78, 5) is 6.77. The van der Waals surface area contributed by atoms with Crippen LogP contribution in [0.25, 0.3) is 0 Å². The number of ether oxygens (including phenoxy) is 2. The highest BCUT2D eigenvalue weighted by molar-refractivity contribution is 5.79. The van der Waals surface area contributed by atoms with E-state index in [-0.39, 0.29) is 0 Å². The van der Waals surface area contributed by atoms with Gasteiger partial charge in [0.15, 0.2) is 5.96 Å². The molecule has 2 aliphatic rings. The zero-order valence-electron chi connectivity index (χ0n) is 13.4. The van der Waals surface area contributed by atoms with Gasteiger partial charge in [-0.15, -0.1) is 0 Å². The highest BCUT2D eigenvalue weighted by atomic mass is 16.5. The minimum absolute atomic E-state index is 0.341. The third-order valence-corrected chi connectivity index (χ3v) is 4.08. The highest BCUT2D eigenvalue weighted by Gasteiger charge is 2.28. The summed E-state index contributed by atoms with van der Waals surface area (Å²) < 4.78 is 10.8. The Kier molecular flexibility index (Phi) is 7.26. The quantitative estimate of drug-likeness (QED) is 0.478. The maximum Gasteiger partial charge on any atom is 0.191 e. The molecule has 2 rings (SSSR count). The zero-order chi connectivity index (χ0) is 14.9. The fourth-order valence-corrected chi connectivity index (χ4v) is 2.68. The van der Waals surface area contributed by atoms with Crippen molar-refractivity contribution in [1.82, 2.24) is 15.5 Å². The Labute approximate surface area is 128 Å². The normalized spacial score (nSPS) is 22.8. The number of methoxy groups -OCH3 is 1. The number of aliphatic imine (C=N–C) groups is 1. The first kappa shape index (κ1) is 16.5. The van der Waals surface area contributed by atoms with E-state index in [1.807, 2.05) is 7.05 Å². The summed E-state index contributed by atoms with van der Waals surface area (Å²) in [6.45, 7) is 5.51. The fourth-order valence-electron chi connectivity index (χ4n) is 2.68. The number of rotatable bonds is 9. The SMILES string of the molecule is CN=C(NCCN(CCOC)C1CC1)NCC1CCCO1. The molecule has 1 atom stereocenters. The summed E-state index contributed by atoms with van der Waals surface area (Å²) >= 11 is 0. The molecule has 0 radical (unpaired) electrons. The van der Waals surface area contributed by atoms with Gasteiger partial charge in [0.05, 0.1) is 12.7 Å². The molecule has 0 amide bonds. The molecule has 1 saturated heterocycles. The van der Waals surface area contributed by atoms with Gasteiger partial charge in [0, 0.05) is 53.0 Å². The van der Waals surface area contributed by atoms with E-state index >= 15 is 0 Å². The molecular weight excluding hydrogens is 268 g/mol. The number of hydrogen-bond donors (Lipinski definition) is 2. The van der Waals surface area contributed by atoms with Gasteiger partial charge >= 0.3 is 0 Å². The van der Waals surface area contributed by atoms with Crippen molar-refractivity contribution in [2.24, 2.45) is 4.99 Å². The van der Waals surface area contributed by atoms with Crippen molar-refractivity contribution in [1.29, 1.82) is 0 Å². The van der Waals surface area contributed by atoms with Crippen molar-refractivity contribution in [3.8, 4) is 0 Å². The second-order valence-electron chi connectivity index (χ2n) is 5.77. The summed E-state index contributed by atoms with van der Waals surface area (Å²) in [6, 6.07) is 0.767. The molecule has 2 N–H and O–H groups in total. The summed E-state index contributed by atoms with van der Waals surface area (Å²) in [7, 11) is 3.58. The molecule has 1 aliphatic carbocycles. The topological polar surface area (TPSA) is 58.1 Å². The Morgan fingerprint density at radius 1 is 1.29 bits per heavy atom. The van der Waals surface area contributed by atoms with Crippen molar-refractivity contribution in [2.45, 2.75) is 37.8 Å². The number of guanidine groups is 1. The van der Waals surface area contributed by atoms with Gasteiger partial charge in [0.25, 0.3) is 0 Å². The first-order valence-electron chi connectivity index (χ1n) is 8.12. The molecule has 0 spiro atoms. The van der Waals surface area contributed by atoms with Crippen LogP contribution in [-0.4, -0.2) is 76.6 Å². The van der Waals surface area contributed by atoms with E-state index in [0.717, 1.165) is 57.8 Å². The van der Waals surface area contributed by atoms with Crippen LogP contribution in [0.4, 0.5) is 0 Å². The third-order valence-electron chi connectivity index (χ3n) is 4.08. The first-order valence-corrected chi connectivity index (χ1v) is 8.12. The molecule has 122 valence electrons. The Morgan fingerprint density at radius 2 is 2.14 bits per heavy atom. The third kappa shape index (κ3) is 6.20. The Hall–Kier alpha value is -0.850. The van der Waals surface area contributed by atoms with E-state index in [1.165, 1.54) is 19.3 Å². The fraction of sp³-hybridized carbons (Fsp3) is 0.933. The number of nitrogens with one attached hydrogen (secondary N) is 2. The maximum absolute atomic E-state index is 5.61. The molecule has 1 saturated carbocycles. The Balaban J connectivity index is 1.60. The van der Waals surface area contributed by atoms with E-state index in [0.29, 0.717) is 6.10 Å². The van der Waals surface area contributed by atoms with E-state index in [2.05, 4.69) is 20.5 Å². The van der Waals surface area contributed by atoms with E-state index < -0.39 is 0 Å². The van der Waals surface area contributed by atoms with Crippen LogP contribution in [0.15, 0.2) is 4.99 Å². The molecule has 1 aliphatic heterocycles. The smallest absolute Gasteiger partial charge is 0.191 e. The van der Waals surface area contributed by atoms with Gasteiger partial charge in [-0.2, -0.15) is 0 Å². The lowest BCUT2D eigenvalue weighted by Gasteiger charge is -2.22. The van der Waals surface area contributed by atoms with Gasteiger partial charge in [-0.3, -0.25) is 9.89 Å². The van der Waals surface area contributed by atoms with Crippen LogP contribution in [-0.2, 0) is 9.47 Å². The van der Waals surface area contributed by atoms with E-state index in [1.54, 1.807) is 7.11 Å². The lowest BCUT2D eigenvalue weighted by atomic mass is 10.2. The van der Waals surface area contributed by atoms with Crippen LogP contribution >= 0.6 is 0 Å². The molecule has 1 heterocycles. The Bertz CT molecular complexity index is 315. The molecule has 0 aromatic heterocycles. The molecule has 0 bridgehead atoms. The Morgan fingerprint density at radius 3 is 2.76 bits per heavy atom. The summed E-state index contributed by atoms with van der Waals surface area (Å²) in [5.41, 5.74) is 0. The summed E-state index contributed by atoms with van der Waals surface area (Å²) in [5.74, 6) is 0.869. The molecular formula is C15H30N4O2. The lowest BCUT2D eigenvalue weighted by molar-refractivity contribution is 0.113. The van der Waals surface area contributed by atoms with Gasteiger partial charge in [-0.1, -0.05) is 0 Å². The van der Waals surface area contributed by atoms with E-state index in [9.17, 15) is 0 Å². The van der Waals surface area contributed by atoms with Crippen molar-refractivity contribution in [3.63, 3.8) is 0 Å². The lowest BCUT2D eigenvalue weighted by Crippen LogP contribution is -2.44. The summed E-state index contributed by atoms with van der Waals surface area (Å²) in [5, 5.41) is 6.73. The minimum atomic E-state index is 0.341. The number of hydrogen-bond acceptors (Lipinski definition) is 4. The van der Waals surface area contributed by atoms with Crippen molar-refractivity contribution in [2.75, 3.05) is 53.6 Å². The second-order valence-corrected chi connectivity index (χ2v) is 5.77. The van der Waals surface area contributed by atoms with Crippen LogP contribution in [0, 0.1) is 0 Å². The average Bonchev–Trinajstić information content (AvgIpc) is 3.21. The van der Waals surface area contributed by atoms with Gasteiger partial charge in [0.1, 0.15) is 0 Å². The summed E-state index contributed by atoms with van der Waals surface area (Å²) in [6.07, 6.45) is 5.32. The van der Waals surface area contributed by atoms with Gasteiger partial charge in [-0.25, -0.2) is 0 Å². The molecule has 1 unspecified atom stereocenters. The molecule has 0 aromatic carbocycles. The van der Waals surface area contributed by atoms with Gasteiger partial charge < -0.3 is 20.1 Å². The molecule has 0 aromatic rings. The van der Waals surface area contributed by atoms with Crippen molar-refractivity contribution in [3.05, 3.63) is 0 Å². The predicted molar refractivity (Wildman–Crippen MR) is 84.8 cm³/mol.